The maximum atomic E-state index is 13.6. The number of methoxy groups -OCH3 is 1. The quantitative estimate of drug-likeness (QED) is 0.257. The number of para-hydroxylation sites is 2. The number of nitrogens with zero attached hydrogens (tertiary/aromatic N) is 4. The normalized spacial score (nSPS) is 11.5. The Bertz CT molecular complexity index is 1580. The van der Waals surface area contributed by atoms with Gasteiger partial charge in [-0.3, -0.25) is 9.20 Å². The fourth-order valence-electron chi connectivity index (χ4n) is 3.97. The van der Waals surface area contributed by atoms with E-state index in [-0.39, 0.29) is 17.2 Å². The minimum Gasteiger partial charge on any atom is -0.463 e. The van der Waals surface area contributed by atoms with E-state index in [1.165, 1.54) is 18.9 Å². The Kier molecular flexibility index (Phi) is 5.70. The summed E-state index contributed by atoms with van der Waals surface area (Å²) in [5, 5.41) is 10.00. The Labute approximate surface area is 199 Å². The second kappa shape index (κ2) is 8.83. The van der Waals surface area contributed by atoms with Gasteiger partial charge in [-0.25, -0.2) is 9.36 Å². The zero-order valence-corrected chi connectivity index (χ0v) is 19.7. The van der Waals surface area contributed by atoms with Crippen LogP contribution in [-0.4, -0.2) is 32.2 Å². The molecule has 3 heterocycles. The lowest BCUT2D eigenvalue weighted by molar-refractivity contribution is 0.0563. The smallest absolute Gasteiger partial charge is 0.373 e. The molecule has 0 fully saturated rings. The summed E-state index contributed by atoms with van der Waals surface area (Å²) in [6, 6.07) is 18.6. The van der Waals surface area contributed by atoms with E-state index >= 15 is 0 Å². The summed E-state index contributed by atoms with van der Waals surface area (Å²) >= 11 is 1.41. The molecule has 2 aromatic carbocycles. The lowest BCUT2D eigenvalue weighted by atomic mass is 10.0. The van der Waals surface area contributed by atoms with Crippen LogP contribution >= 0.6 is 11.8 Å². The molecule has 8 nitrogen and oxygen atoms in total. The minimum absolute atomic E-state index is 0.145. The van der Waals surface area contributed by atoms with Crippen LogP contribution in [0.4, 0.5) is 0 Å². The first-order chi connectivity index (χ1) is 16.5. The standard InChI is InChI=1S/C25H22N4O4S/c1-15(2)17-8-4-6-10-19(17)28-22(30)18-9-5-7-11-20(18)29-24(28)26-27-25(29)34-14-16-12-13-21(33-16)23(31)32-3/h4-13,15H,14H2,1-3H3. The number of furan rings is 1. The van der Waals surface area contributed by atoms with Gasteiger partial charge in [0.15, 0.2) is 5.16 Å². The van der Waals surface area contributed by atoms with Crippen molar-refractivity contribution in [3.8, 4) is 5.69 Å². The molecule has 0 aliphatic carbocycles. The van der Waals surface area contributed by atoms with Gasteiger partial charge >= 0.3 is 5.97 Å². The van der Waals surface area contributed by atoms with Crippen LogP contribution < -0.4 is 5.56 Å². The van der Waals surface area contributed by atoms with Crippen LogP contribution in [0.1, 0.15) is 41.6 Å². The first-order valence-electron chi connectivity index (χ1n) is 10.8. The molecule has 0 amide bonds. The van der Waals surface area contributed by atoms with Gasteiger partial charge in [0.25, 0.3) is 5.56 Å². The topological polar surface area (TPSA) is 91.6 Å². The molecule has 0 spiro atoms. The Morgan fingerprint density at radius 1 is 1.06 bits per heavy atom. The van der Waals surface area contributed by atoms with Crippen molar-refractivity contribution in [2.75, 3.05) is 7.11 Å². The number of ether oxygens (including phenoxy) is 1. The zero-order chi connectivity index (χ0) is 23.8. The van der Waals surface area contributed by atoms with Gasteiger partial charge in [-0.2, -0.15) is 0 Å². The summed E-state index contributed by atoms with van der Waals surface area (Å²) in [5.41, 5.74) is 2.41. The number of thioether (sulfide) groups is 1. The summed E-state index contributed by atoms with van der Waals surface area (Å²) in [5.74, 6) is 1.30. The van der Waals surface area contributed by atoms with E-state index in [1.54, 1.807) is 16.7 Å². The van der Waals surface area contributed by atoms with Crippen molar-refractivity contribution in [3.05, 3.63) is 88.1 Å². The van der Waals surface area contributed by atoms with E-state index in [0.29, 0.717) is 27.8 Å². The lowest BCUT2D eigenvalue weighted by Gasteiger charge is -2.16. The predicted octanol–water partition coefficient (Wildman–Crippen LogP) is 4.83. The largest absolute Gasteiger partial charge is 0.463 e. The third kappa shape index (κ3) is 3.67. The van der Waals surface area contributed by atoms with Crippen LogP contribution in [-0.2, 0) is 10.5 Å². The molecule has 0 bridgehead atoms. The number of benzene rings is 2. The molecule has 5 aromatic rings. The van der Waals surface area contributed by atoms with Gasteiger partial charge in [0.1, 0.15) is 5.76 Å². The molecule has 0 atom stereocenters. The zero-order valence-electron chi connectivity index (χ0n) is 18.9. The molecule has 5 rings (SSSR count). The maximum absolute atomic E-state index is 13.6. The fourth-order valence-corrected chi connectivity index (χ4v) is 4.80. The molecule has 172 valence electrons. The van der Waals surface area contributed by atoms with E-state index in [1.807, 2.05) is 52.9 Å². The average molecular weight is 475 g/mol. The number of fused-ring (bicyclic) bond motifs is 3. The van der Waals surface area contributed by atoms with Crippen molar-refractivity contribution in [2.24, 2.45) is 0 Å². The Morgan fingerprint density at radius 2 is 1.82 bits per heavy atom. The Hall–Kier alpha value is -3.85. The predicted molar refractivity (Wildman–Crippen MR) is 130 cm³/mol. The molecule has 0 aliphatic rings. The van der Waals surface area contributed by atoms with Crippen LogP contribution in [0.15, 0.2) is 75.0 Å². The summed E-state index contributed by atoms with van der Waals surface area (Å²) in [6.45, 7) is 4.19. The molecular weight excluding hydrogens is 452 g/mol. The number of carbonyl (C=O) groups excluding carboxylic acids is 1. The maximum Gasteiger partial charge on any atom is 0.373 e. The highest BCUT2D eigenvalue weighted by Crippen LogP contribution is 2.28. The highest BCUT2D eigenvalue weighted by atomic mass is 32.2. The van der Waals surface area contributed by atoms with Crippen molar-refractivity contribution in [1.29, 1.82) is 0 Å². The van der Waals surface area contributed by atoms with Gasteiger partial charge in [-0.05, 0) is 41.8 Å². The number of carbonyl (C=O) groups is 1. The average Bonchev–Trinajstić information content (AvgIpc) is 3.50. The van der Waals surface area contributed by atoms with E-state index in [4.69, 9.17) is 9.15 Å². The van der Waals surface area contributed by atoms with Gasteiger partial charge in [0.05, 0.1) is 29.5 Å². The molecule has 0 unspecified atom stereocenters. The van der Waals surface area contributed by atoms with Gasteiger partial charge in [0, 0.05) is 0 Å². The number of hydrogen-bond donors (Lipinski definition) is 0. The second-order valence-electron chi connectivity index (χ2n) is 8.04. The number of esters is 1. The molecule has 0 saturated carbocycles. The first kappa shape index (κ1) is 22.0. The third-order valence-corrected chi connectivity index (χ3v) is 6.54. The van der Waals surface area contributed by atoms with Crippen molar-refractivity contribution >= 4 is 34.4 Å². The van der Waals surface area contributed by atoms with Crippen LogP contribution in [0, 0.1) is 0 Å². The molecule has 0 radical (unpaired) electrons. The Balaban J connectivity index is 1.66. The van der Waals surface area contributed by atoms with Gasteiger partial charge in [-0.1, -0.05) is 55.9 Å². The SMILES string of the molecule is COC(=O)c1ccc(CSc2nnc3n(-c4ccccc4C(C)C)c(=O)c4ccccc4n23)o1. The van der Waals surface area contributed by atoms with Crippen LogP contribution in [0.3, 0.4) is 0 Å². The number of aromatic nitrogens is 4. The summed E-state index contributed by atoms with van der Waals surface area (Å²) in [7, 11) is 1.31. The third-order valence-electron chi connectivity index (χ3n) is 5.59. The van der Waals surface area contributed by atoms with Crippen molar-refractivity contribution in [2.45, 2.75) is 30.7 Å². The Morgan fingerprint density at radius 3 is 2.62 bits per heavy atom. The van der Waals surface area contributed by atoms with E-state index in [0.717, 1.165) is 16.8 Å². The number of hydrogen-bond acceptors (Lipinski definition) is 7. The highest BCUT2D eigenvalue weighted by Gasteiger charge is 2.20. The van der Waals surface area contributed by atoms with Crippen LogP contribution in [0.25, 0.3) is 22.4 Å². The monoisotopic (exact) mass is 474 g/mol. The van der Waals surface area contributed by atoms with Crippen molar-refractivity contribution < 1.29 is 13.9 Å². The minimum atomic E-state index is -0.525. The first-order valence-corrected chi connectivity index (χ1v) is 11.8. The fraction of sp³-hybridized carbons (Fsp3) is 0.200. The van der Waals surface area contributed by atoms with Crippen LogP contribution in [0.2, 0.25) is 0 Å². The summed E-state index contributed by atoms with van der Waals surface area (Å²) < 4.78 is 13.8. The summed E-state index contributed by atoms with van der Waals surface area (Å²) in [4.78, 5) is 25.3. The highest BCUT2D eigenvalue weighted by molar-refractivity contribution is 7.98. The van der Waals surface area contributed by atoms with Gasteiger partial charge < -0.3 is 9.15 Å². The van der Waals surface area contributed by atoms with Gasteiger partial charge in [-0.15, -0.1) is 10.2 Å². The summed E-state index contributed by atoms with van der Waals surface area (Å²) in [6.07, 6.45) is 0. The van der Waals surface area contributed by atoms with E-state index in [2.05, 4.69) is 24.0 Å². The van der Waals surface area contributed by atoms with Gasteiger partial charge in [0.2, 0.25) is 11.5 Å². The molecule has 34 heavy (non-hydrogen) atoms. The molecule has 9 heteroatoms. The van der Waals surface area contributed by atoms with Crippen molar-refractivity contribution in [1.82, 2.24) is 19.2 Å². The molecule has 0 saturated heterocycles. The molecule has 0 aliphatic heterocycles. The number of rotatable bonds is 6. The van der Waals surface area contributed by atoms with E-state index in [9.17, 15) is 9.59 Å². The van der Waals surface area contributed by atoms with Crippen LogP contribution in [0.5, 0.6) is 0 Å². The second-order valence-corrected chi connectivity index (χ2v) is 8.98. The molecule has 0 N–H and O–H groups in total. The lowest BCUT2D eigenvalue weighted by Crippen LogP contribution is -2.23. The molecular formula is C25H22N4O4S. The van der Waals surface area contributed by atoms with Crippen molar-refractivity contribution in [3.63, 3.8) is 0 Å². The van der Waals surface area contributed by atoms with E-state index < -0.39 is 5.97 Å². The molecule has 3 aromatic heterocycles.